The first kappa shape index (κ1) is 12.3. The van der Waals surface area contributed by atoms with Crippen LogP contribution in [0.4, 0.5) is 0 Å². The molecule has 0 heterocycles. The lowest BCUT2D eigenvalue weighted by molar-refractivity contribution is 0.374. The molecule has 84 valence electrons. The molecule has 1 aromatic carbocycles. The van der Waals surface area contributed by atoms with E-state index >= 15 is 0 Å². The SMILES string of the molecule is CC[Si](CC)(CC)COc1ccccc1. The van der Waals surface area contributed by atoms with Crippen LogP contribution in [0.15, 0.2) is 30.3 Å². The first-order chi connectivity index (χ1) is 7.26. The molecular formula is C13H22OSi. The van der Waals surface area contributed by atoms with E-state index in [1.54, 1.807) is 0 Å². The van der Waals surface area contributed by atoms with Crippen molar-refractivity contribution < 1.29 is 4.74 Å². The van der Waals surface area contributed by atoms with Gasteiger partial charge in [0, 0.05) is 0 Å². The second-order valence-electron chi connectivity index (χ2n) is 4.16. The van der Waals surface area contributed by atoms with Crippen LogP contribution in [-0.4, -0.2) is 14.3 Å². The van der Waals surface area contributed by atoms with Gasteiger partial charge in [0.25, 0.3) is 0 Å². The number of benzene rings is 1. The van der Waals surface area contributed by atoms with E-state index in [1.807, 2.05) is 30.3 Å². The van der Waals surface area contributed by atoms with Gasteiger partial charge in [-0.25, -0.2) is 0 Å². The Labute approximate surface area is 94.5 Å². The third-order valence-electron chi connectivity index (χ3n) is 3.54. The standard InChI is InChI=1S/C13H22OSi/c1-4-15(5-2,6-3)12-14-13-10-8-7-9-11-13/h7-11H,4-6,12H2,1-3H3. The molecule has 1 aromatic rings. The Morgan fingerprint density at radius 2 is 1.47 bits per heavy atom. The summed E-state index contributed by atoms with van der Waals surface area (Å²) in [5.41, 5.74) is 0. The molecule has 15 heavy (non-hydrogen) atoms. The zero-order chi connectivity index (χ0) is 11.1. The first-order valence-electron chi connectivity index (χ1n) is 5.94. The van der Waals surface area contributed by atoms with Crippen molar-refractivity contribution in [2.24, 2.45) is 0 Å². The van der Waals surface area contributed by atoms with E-state index < -0.39 is 8.07 Å². The summed E-state index contributed by atoms with van der Waals surface area (Å²) >= 11 is 0. The first-order valence-corrected chi connectivity index (χ1v) is 8.77. The molecule has 0 amide bonds. The lowest BCUT2D eigenvalue weighted by Gasteiger charge is -2.27. The summed E-state index contributed by atoms with van der Waals surface area (Å²) in [6.07, 6.45) is 0.973. The molecule has 0 radical (unpaired) electrons. The summed E-state index contributed by atoms with van der Waals surface area (Å²) in [5.74, 6) is 1.02. The highest BCUT2D eigenvalue weighted by Crippen LogP contribution is 2.21. The number of hydrogen-bond acceptors (Lipinski definition) is 1. The molecule has 0 saturated heterocycles. The van der Waals surface area contributed by atoms with E-state index in [2.05, 4.69) is 20.8 Å². The molecule has 0 aliphatic heterocycles. The normalized spacial score (nSPS) is 11.4. The molecule has 0 spiro atoms. The average molecular weight is 222 g/mol. The molecule has 0 saturated carbocycles. The highest BCUT2D eigenvalue weighted by Gasteiger charge is 2.27. The summed E-state index contributed by atoms with van der Waals surface area (Å²) in [5, 5.41) is 0. The van der Waals surface area contributed by atoms with Crippen LogP contribution in [0, 0.1) is 0 Å². The Morgan fingerprint density at radius 1 is 0.933 bits per heavy atom. The minimum atomic E-state index is -1.12. The van der Waals surface area contributed by atoms with Crippen LogP contribution in [0.5, 0.6) is 5.75 Å². The zero-order valence-corrected chi connectivity index (χ0v) is 11.1. The van der Waals surface area contributed by atoms with Crippen LogP contribution in [0.1, 0.15) is 20.8 Å². The van der Waals surface area contributed by atoms with Crippen LogP contribution in [0.3, 0.4) is 0 Å². The molecule has 0 aliphatic rings. The zero-order valence-electron chi connectivity index (χ0n) is 10.1. The van der Waals surface area contributed by atoms with Crippen LogP contribution in [0.2, 0.25) is 18.1 Å². The van der Waals surface area contributed by atoms with E-state index in [4.69, 9.17) is 4.74 Å². The van der Waals surface area contributed by atoms with Gasteiger partial charge in [0.1, 0.15) is 5.75 Å². The fourth-order valence-electron chi connectivity index (χ4n) is 1.81. The molecular weight excluding hydrogens is 200 g/mol. The maximum absolute atomic E-state index is 5.91. The predicted octanol–water partition coefficient (Wildman–Crippen LogP) is 4.11. The molecule has 0 fully saturated rings. The minimum Gasteiger partial charge on any atom is -0.497 e. The molecule has 1 nitrogen and oxygen atoms in total. The molecule has 0 unspecified atom stereocenters. The summed E-state index contributed by atoms with van der Waals surface area (Å²) in [6, 6.07) is 14.1. The molecule has 2 heteroatoms. The summed E-state index contributed by atoms with van der Waals surface area (Å²) in [6.45, 7) is 6.94. The highest BCUT2D eigenvalue weighted by molar-refractivity contribution is 6.79. The third-order valence-corrected chi connectivity index (χ3v) is 8.79. The topological polar surface area (TPSA) is 9.23 Å². The molecule has 0 bridgehead atoms. The van der Waals surface area contributed by atoms with Crippen molar-refractivity contribution in [2.45, 2.75) is 38.9 Å². The Bertz CT molecular complexity index is 259. The van der Waals surface area contributed by atoms with Crippen LogP contribution in [-0.2, 0) is 0 Å². The number of para-hydroxylation sites is 1. The van der Waals surface area contributed by atoms with Gasteiger partial charge in [-0.15, -0.1) is 0 Å². The van der Waals surface area contributed by atoms with Crippen LogP contribution < -0.4 is 4.74 Å². The van der Waals surface area contributed by atoms with Gasteiger partial charge in [0.2, 0.25) is 0 Å². The average Bonchev–Trinajstić information content (AvgIpc) is 2.33. The van der Waals surface area contributed by atoms with E-state index in [0.717, 1.165) is 12.0 Å². The van der Waals surface area contributed by atoms with Gasteiger partial charge in [-0.3, -0.25) is 0 Å². The van der Waals surface area contributed by atoms with Crippen molar-refractivity contribution in [3.63, 3.8) is 0 Å². The van der Waals surface area contributed by atoms with Crippen LogP contribution >= 0.6 is 0 Å². The fraction of sp³-hybridized carbons (Fsp3) is 0.538. The van der Waals surface area contributed by atoms with Crippen molar-refractivity contribution >= 4 is 8.07 Å². The van der Waals surface area contributed by atoms with Crippen molar-refractivity contribution in [1.29, 1.82) is 0 Å². The Kier molecular flexibility index (Phi) is 4.89. The van der Waals surface area contributed by atoms with Gasteiger partial charge >= 0.3 is 0 Å². The summed E-state index contributed by atoms with van der Waals surface area (Å²) in [4.78, 5) is 0. The Balaban J connectivity index is 2.54. The summed E-state index contributed by atoms with van der Waals surface area (Å²) < 4.78 is 5.91. The fourth-order valence-corrected chi connectivity index (χ4v) is 4.39. The van der Waals surface area contributed by atoms with Gasteiger partial charge < -0.3 is 4.74 Å². The molecule has 0 N–H and O–H groups in total. The molecule has 0 aliphatic carbocycles. The number of ether oxygens (including phenoxy) is 1. The number of hydrogen-bond donors (Lipinski definition) is 0. The Morgan fingerprint density at radius 3 is 1.93 bits per heavy atom. The minimum absolute atomic E-state index is 0.973. The van der Waals surface area contributed by atoms with Crippen molar-refractivity contribution in [1.82, 2.24) is 0 Å². The van der Waals surface area contributed by atoms with E-state index in [0.29, 0.717) is 0 Å². The maximum Gasteiger partial charge on any atom is 0.118 e. The molecule has 0 atom stereocenters. The second-order valence-corrected chi connectivity index (χ2v) is 9.57. The van der Waals surface area contributed by atoms with E-state index in [-0.39, 0.29) is 0 Å². The maximum atomic E-state index is 5.91. The van der Waals surface area contributed by atoms with Crippen molar-refractivity contribution in [2.75, 3.05) is 6.23 Å². The van der Waals surface area contributed by atoms with Gasteiger partial charge in [0.15, 0.2) is 0 Å². The highest BCUT2D eigenvalue weighted by atomic mass is 28.3. The van der Waals surface area contributed by atoms with Crippen molar-refractivity contribution in [3.05, 3.63) is 30.3 Å². The van der Waals surface area contributed by atoms with Gasteiger partial charge in [-0.2, -0.15) is 0 Å². The smallest absolute Gasteiger partial charge is 0.118 e. The van der Waals surface area contributed by atoms with Gasteiger partial charge in [0.05, 0.1) is 14.3 Å². The quantitative estimate of drug-likeness (QED) is 0.658. The lowest BCUT2D eigenvalue weighted by atomic mass is 10.3. The predicted molar refractivity (Wildman–Crippen MR) is 69.1 cm³/mol. The molecule has 1 rings (SSSR count). The third kappa shape index (κ3) is 3.38. The van der Waals surface area contributed by atoms with Gasteiger partial charge in [-0.1, -0.05) is 57.1 Å². The van der Waals surface area contributed by atoms with E-state index in [1.165, 1.54) is 18.1 Å². The van der Waals surface area contributed by atoms with E-state index in [9.17, 15) is 0 Å². The van der Waals surface area contributed by atoms with Gasteiger partial charge in [-0.05, 0) is 12.1 Å². The largest absolute Gasteiger partial charge is 0.497 e. The Hall–Kier alpha value is -0.763. The summed E-state index contributed by atoms with van der Waals surface area (Å²) in [7, 11) is -1.12. The monoisotopic (exact) mass is 222 g/mol. The molecule has 0 aromatic heterocycles. The van der Waals surface area contributed by atoms with Crippen LogP contribution in [0.25, 0.3) is 0 Å². The number of rotatable bonds is 6. The lowest BCUT2D eigenvalue weighted by Crippen LogP contribution is -2.39. The van der Waals surface area contributed by atoms with Crippen molar-refractivity contribution in [3.8, 4) is 5.75 Å². The second kappa shape index (κ2) is 5.96.